The Kier molecular flexibility index (Phi) is 5.14. The molecule has 0 atom stereocenters. The van der Waals surface area contributed by atoms with Gasteiger partial charge in [-0.25, -0.2) is 0 Å². The molecule has 3 rings (SSSR count). The van der Waals surface area contributed by atoms with Gasteiger partial charge in [0.2, 0.25) is 11.1 Å². The van der Waals surface area contributed by atoms with Gasteiger partial charge in [-0.05, 0) is 66.6 Å². The Morgan fingerprint density at radius 1 is 1.08 bits per heavy atom. The van der Waals surface area contributed by atoms with E-state index in [9.17, 15) is 4.79 Å². The van der Waals surface area contributed by atoms with Crippen molar-refractivity contribution < 1.29 is 4.79 Å². The average molecular weight is 353 g/mol. The minimum absolute atomic E-state index is 0.0910. The van der Waals surface area contributed by atoms with Gasteiger partial charge in [0.15, 0.2) is 0 Å². The highest BCUT2D eigenvalue weighted by molar-refractivity contribution is 7.99. The molecule has 128 valence electrons. The van der Waals surface area contributed by atoms with Gasteiger partial charge in [-0.1, -0.05) is 35.5 Å². The lowest BCUT2D eigenvalue weighted by molar-refractivity contribution is -0.113. The molecule has 0 bridgehead atoms. The van der Waals surface area contributed by atoms with E-state index in [1.807, 2.05) is 63.2 Å². The Bertz CT molecular complexity index is 889. The number of aromatic nitrogens is 4. The van der Waals surface area contributed by atoms with Crippen LogP contribution in [-0.4, -0.2) is 31.9 Å². The normalized spacial score (nSPS) is 10.7. The third-order valence-corrected chi connectivity index (χ3v) is 4.76. The molecule has 0 saturated carbocycles. The second-order valence-corrected chi connectivity index (χ2v) is 6.79. The van der Waals surface area contributed by atoms with E-state index >= 15 is 0 Å². The molecule has 1 N–H and O–H groups in total. The molecule has 0 fully saturated rings. The summed E-state index contributed by atoms with van der Waals surface area (Å²) in [6.45, 7) is 6.09. The van der Waals surface area contributed by atoms with E-state index in [1.54, 1.807) is 4.68 Å². The number of nitrogens with zero attached hydrogens (tertiary/aromatic N) is 4. The van der Waals surface area contributed by atoms with Crippen LogP contribution in [0.2, 0.25) is 0 Å². The lowest BCUT2D eigenvalue weighted by Crippen LogP contribution is -2.14. The maximum Gasteiger partial charge on any atom is 0.234 e. The first-order valence-electron chi connectivity index (χ1n) is 7.88. The van der Waals surface area contributed by atoms with Crippen molar-refractivity contribution in [3.05, 3.63) is 59.2 Å². The van der Waals surface area contributed by atoms with Gasteiger partial charge in [0.25, 0.3) is 0 Å². The van der Waals surface area contributed by atoms with Crippen molar-refractivity contribution in [3.63, 3.8) is 0 Å². The summed E-state index contributed by atoms with van der Waals surface area (Å²) >= 11 is 1.30. The highest BCUT2D eigenvalue weighted by Gasteiger charge is 2.12. The maximum absolute atomic E-state index is 12.2. The van der Waals surface area contributed by atoms with Gasteiger partial charge in [-0.3, -0.25) is 4.79 Å². The fourth-order valence-electron chi connectivity index (χ4n) is 2.26. The number of amides is 1. The number of anilines is 1. The lowest BCUT2D eigenvalue weighted by Gasteiger charge is -2.08. The van der Waals surface area contributed by atoms with Gasteiger partial charge >= 0.3 is 0 Å². The highest BCUT2D eigenvalue weighted by atomic mass is 32.2. The van der Waals surface area contributed by atoms with Crippen molar-refractivity contribution in [3.8, 4) is 5.69 Å². The quantitative estimate of drug-likeness (QED) is 0.713. The highest BCUT2D eigenvalue weighted by Crippen LogP contribution is 2.19. The van der Waals surface area contributed by atoms with Gasteiger partial charge in [0, 0.05) is 5.69 Å². The number of benzene rings is 2. The van der Waals surface area contributed by atoms with Gasteiger partial charge in [0.05, 0.1) is 11.4 Å². The summed E-state index contributed by atoms with van der Waals surface area (Å²) in [6, 6.07) is 13.8. The first kappa shape index (κ1) is 17.2. The van der Waals surface area contributed by atoms with Crippen LogP contribution < -0.4 is 5.32 Å². The molecule has 6 nitrogen and oxygen atoms in total. The topological polar surface area (TPSA) is 72.7 Å². The monoisotopic (exact) mass is 353 g/mol. The molecule has 0 saturated heterocycles. The molecular weight excluding hydrogens is 334 g/mol. The third-order valence-electron chi connectivity index (χ3n) is 3.84. The number of hydrogen-bond acceptors (Lipinski definition) is 5. The second kappa shape index (κ2) is 7.48. The SMILES string of the molecule is Cc1ccc(-n2nnnc2SCC(=O)Nc2ccc(C)c(C)c2)cc1. The molecule has 0 aliphatic heterocycles. The molecule has 1 amide bonds. The van der Waals surface area contributed by atoms with Crippen LogP contribution in [0.3, 0.4) is 0 Å². The van der Waals surface area contributed by atoms with Crippen LogP contribution >= 0.6 is 11.8 Å². The van der Waals surface area contributed by atoms with Gasteiger partial charge in [-0.15, -0.1) is 5.10 Å². The molecule has 3 aromatic rings. The zero-order valence-corrected chi connectivity index (χ0v) is 15.2. The van der Waals surface area contributed by atoms with Crippen LogP contribution in [0.5, 0.6) is 0 Å². The van der Waals surface area contributed by atoms with Crippen LogP contribution in [0, 0.1) is 20.8 Å². The Balaban J connectivity index is 1.64. The number of carbonyl (C=O) groups is 1. The molecule has 25 heavy (non-hydrogen) atoms. The minimum Gasteiger partial charge on any atom is -0.325 e. The zero-order chi connectivity index (χ0) is 17.8. The summed E-state index contributed by atoms with van der Waals surface area (Å²) < 4.78 is 1.63. The van der Waals surface area contributed by atoms with E-state index in [0.29, 0.717) is 5.16 Å². The number of rotatable bonds is 5. The third kappa shape index (κ3) is 4.24. The fraction of sp³-hybridized carbons (Fsp3) is 0.222. The number of aryl methyl sites for hydroxylation is 3. The van der Waals surface area contributed by atoms with E-state index in [-0.39, 0.29) is 11.7 Å². The average Bonchev–Trinajstić information content (AvgIpc) is 3.06. The Morgan fingerprint density at radius 2 is 1.84 bits per heavy atom. The standard InChI is InChI=1S/C18H19N5OS/c1-12-4-8-16(9-5-12)23-18(20-21-22-23)25-11-17(24)19-15-7-6-13(2)14(3)10-15/h4-10H,11H2,1-3H3,(H,19,24). The zero-order valence-electron chi connectivity index (χ0n) is 14.4. The van der Waals surface area contributed by atoms with Crippen LogP contribution in [0.4, 0.5) is 5.69 Å². The van der Waals surface area contributed by atoms with Crippen LogP contribution in [0.25, 0.3) is 5.69 Å². The molecule has 0 unspecified atom stereocenters. The first-order chi connectivity index (χ1) is 12.0. The van der Waals surface area contributed by atoms with Crippen LogP contribution in [-0.2, 0) is 4.79 Å². The predicted molar refractivity (Wildman–Crippen MR) is 99.2 cm³/mol. The molecule has 0 aliphatic rings. The summed E-state index contributed by atoms with van der Waals surface area (Å²) in [5.41, 5.74) is 5.18. The molecule has 0 radical (unpaired) electrons. The molecular formula is C18H19N5OS. The Hall–Kier alpha value is -2.67. The van der Waals surface area contributed by atoms with Crippen molar-refractivity contribution in [2.75, 3.05) is 11.1 Å². The first-order valence-corrected chi connectivity index (χ1v) is 8.87. The van der Waals surface area contributed by atoms with E-state index in [2.05, 4.69) is 20.8 Å². The van der Waals surface area contributed by atoms with Crippen molar-refractivity contribution in [1.82, 2.24) is 20.2 Å². The fourth-order valence-corrected chi connectivity index (χ4v) is 2.95. The van der Waals surface area contributed by atoms with E-state index in [0.717, 1.165) is 16.9 Å². The summed E-state index contributed by atoms with van der Waals surface area (Å²) in [6.07, 6.45) is 0. The summed E-state index contributed by atoms with van der Waals surface area (Å²) in [5.74, 6) is 0.144. The number of nitrogens with one attached hydrogen (secondary N) is 1. The minimum atomic E-state index is -0.0910. The van der Waals surface area contributed by atoms with Crippen LogP contribution in [0.15, 0.2) is 47.6 Å². The molecule has 0 aliphatic carbocycles. The smallest absolute Gasteiger partial charge is 0.234 e. The van der Waals surface area contributed by atoms with E-state index in [1.165, 1.54) is 22.9 Å². The maximum atomic E-state index is 12.2. The second-order valence-electron chi connectivity index (χ2n) is 5.84. The van der Waals surface area contributed by atoms with E-state index in [4.69, 9.17) is 0 Å². The molecule has 1 heterocycles. The molecule has 2 aromatic carbocycles. The Labute approximate surface area is 150 Å². The van der Waals surface area contributed by atoms with Gasteiger partial charge < -0.3 is 5.32 Å². The molecule has 1 aromatic heterocycles. The molecule has 0 spiro atoms. The number of thioether (sulfide) groups is 1. The lowest BCUT2D eigenvalue weighted by atomic mass is 10.1. The number of carbonyl (C=O) groups excluding carboxylic acids is 1. The van der Waals surface area contributed by atoms with Crippen molar-refractivity contribution in [2.45, 2.75) is 25.9 Å². The summed E-state index contributed by atoms with van der Waals surface area (Å²) in [7, 11) is 0. The van der Waals surface area contributed by atoms with Gasteiger partial charge in [0.1, 0.15) is 0 Å². The van der Waals surface area contributed by atoms with Crippen molar-refractivity contribution in [2.24, 2.45) is 0 Å². The molecule has 7 heteroatoms. The van der Waals surface area contributed by atoms with Gasteiger partial charge in [-0.2, -0.15) is 4.68 Å². The van der Waals surface area contributed by atoms with Crippen molar-refractivity contribution in [1.29, 1.82) is 0 Å². The predicted octanol–water partition coefficient (Wildman–Crippen LogP) is 3.32. The number of hydrogen-bond donors (Lipinski definition) is 1. The van der Waals surface area contributed by atoms with Crippen molar-refractivity contribution >= 4 is 23.4 Å². The largest absolute Gasteiger partial charge is 0.325 e. The Morgan fingerprint density at radius 3 is 2.56 bits per heavy atom. The number of tetrazole rings is 1. The van der Waals surface area contributed by atoms with Crippen LogP contribution in [0.1, 0.15) is 16.7 Å². The summed E-state index contributed by atoms with van der Waals surface area (Å²) in [4.78, 5) is 12.2. The summed E-state index contributed by atoms with van der Waals surface area (Å²) in [5, 5.41) is 15.2. The van der Waals surface area contributed by atoms with E-state index < -0.39 is 0 Å².